The van der Waals surface area contributed by atoms with Crippen molar-refractivity contribution in [1.29, 1.82) is 0 Å². The maximum Gasteiger partial charge on any atom is 0.312 e. The van der Waals surface area contributed by atoms with Crippen LogP contribution >= 0.6 is 0 Å². The summed E-state index contributed by atoms with van der Waals surface area (Å²) in [7, 11) is 0. The van der Waals surface area contributed by atoms with E-state index < -0.39 is 11.9 Å². The first kappa shape index (κ1) is 11.5. The molecule has 1 aromatic heterocycles. The quantitative estimate of drug-likeness (QED) is 0.840. The number of fused-ring (bicyclic) bond motifs is 1. The number of carboxylic acid groups (broad SMARTS) is 1. The SMILES string of the molecule is Cc1nc2ccccc2cc1C(CN)C(=O)O. The Morgan fingerprint density at radius 1 is 1.47 bits per heavy atom. The zero-order valence-corrected chi connectivity index (χ0v) is 9.55. The highest BCUT2D eigenvalue weighted by molar-refractivity contribution is 5.83. The molecule has 0 saturated heterocycles. The summed E-state index contributed by atoms with van der Waals surface area (Å²) in [5.74, 6) is -1.60. The molecule has 0 saturated carbocycles. The third-order valence-electron chi connectivity index (χ3n) is 2.86. The first-order chi connectivity index (χ1) is 8.13. The van der Waals surface area contributed by atoms with Crippen LogP contribution in [0.15, 0.2) is 30.3 Å². The standard InChI is InChI=1S/C13H14N2O2/c1-8-10(11(7-14)13(16)17)6-9-4-2-3-5-12(9)15-8/h2-6,11H,7,14H2,1H3,(H,16,17). The van der Waals surface area contributed by atoms with Gasteiger partial charge in [-0.3, -0.25) is 9.78 Å². The van der Waals surface area contributed by atoms with E-state index in [0.29, 0.717) is 5.56 Å². The topological polar surface area (TPSA) is 76.2 Å². The lowest BCUT2D eigenvalue weighted by Crippen LogP contribution is -2.22. The minimum absolute atomic E-state index is 0.0796. The van der Waals surface area contributed by atoms with Gasteiger partial charge in [0.05, 0.1) is 11.4 Å². The van der Waals surface area contributed by atoms with Crippen molar-refractivity contribution < 1.29 is 9.90 Å². The second kappa shape index (κ2) is 4.51. The van der Waals surface area contributed by atoms with Crippen molar-refractivity contribution in [2.24, 2.45) is 5.73 Å². The number of carboxylic acids is 1. The van der Waals surface area contributed by atoms with E-state index in [-0.39, 0.29) is 6.54 Å². The molecule has 1 unspecified atom stereocenters. The summed E-state index contributed by atoms with van der Waals surface area (Å²) in [6.45, 7) is 1.89. The molecule has 3 N–H and O–H groups in total. The zero-order chi connectivity index (χ0) is 12.4. The number of carbonyl (C=O) groups is 1. The Kier molecular flexibility index (Phi) is 3.06. The van der Waals surface area contributed by atoms with Crippen LogP contribution in [0.25, 0.3) is 10.9 Å². The smallest absolute Gasteiger partial charge is 0.312 e. The van der Waals surface area contributed by atoms with E-state index in [4.69, 9.17) is 10.8 Å². The Labute approximate surface area is 99.1 Å². The fourth-order valence-corrected chi connectivity index (χ4v) is 1.94. The molecular weight excluding hydrogens is 216 g/mol. The summed E-state index contributed by atoms with van der Waals surface area (Å²) >= 11 is 0. The van der Waals surface area contributed by atoms with E-state index in [1.165, 1.54) is 0 Å². The van der Waals surface area contributed by atoms with Gasteiger partial charge in [-0.1, -0.05) is 18.2 Å². The zero-order valence-electron chi connectivity index (χ0n) is 9.55. The van der Waals surface area contributed by atoms with Gasteiger partial charge in [0, 0.05) is 17.6 Å². The maximum absolute atomic E-state index is 11.1. The monoisotopic (exact) mass is 230 g/mol. The van der Waals surface area contributed by atoms with E-state index in [1.54, 1.807) is 0 Å². The molecular formula is C13H14N2O2. The van der Waals surface area contributed by atoms with Crippen molar-refractivity contribution in [2.75, 3.05) is 6.54 Å². The van der Waals surface area contributed by atoms with Gasteiger partial charge in [-0.2, -0.15) is 0 Å². The molecule has 2 rings (SSSR count). The van der Waals surface area contributed by atoms with Gasteiger partial charge in [0.1, 0.15) is 0 Å². The number of nitrogens with two attached hydrogens (primary N) is 1. The number of rotatable bonds is 3. The van der Waals surface area contributed by atoms with E-state index >= 15 is 0 Å². The van der Waals surface area contributed by atoms with Crippen LogP contribution in [0.5, 0.6) is 0 Å². The van der Waals surface area contributed by atoms with Crippen molar-refractivity contribution >= 4 is 16.9 Å². The van der Waals surface area contributed by atoms with E-state index in [2.05, 4.69) is 4.98 Å². The molecule has 88 valence electrons. The first-order valence-corrected chi connectivity index (χ1v) is 5.42. The van der Waals surface area contributed by atoms with Gasteiger partial charge in [0.15, 0.2) is 0 Å². The van der Waals surface area contributed by atoms with Crippen LogP contribution in [0.2, 0.25) is 0 Å². The van der Waals surface area contributed by atoms with Crippen molar-refractivity contribution in [3.8, 4) is 0 Å². The number of nitrogens with zero attached hydrogens (tertiary/aromatic N) is 1. The largest absolute Gasteiger partial charge is 0.481 e. The number of pyridine rings is 1. The average Bonchev–Trinajstić information content (AvgIpc) is 2.30. The minimum Gasteiger partial charge on any atom is -0.481 e. The molecule has 0 amide bonds. The molecule has 0 bridgehead atoms. The van der Waals surface area contributed by atoms with E-state index in [9.17, 15) is 4.79 Å². The van der Waals surface area contributed by atoms with Crippen molar-refractivity contribution in [1.82, 2.24) is 4.98 Å². The van der Waals surface area contributed by atoms with Crippen LogP contribution in [-0.2, 0) is 4.79 Å². The fourth-order valence-electron chi connectivity index (χ4n) is 1.94. The lowest BCUT2D eigenvalue weighted by Gasteiger charge is -2.13. The normalized spacial score (nSPS) is 12.6. The number of hydrogen-bond donors (Lipinski definition) is 2. The Morgan fingerprint density at radius 3 is 2.82 bits per heavy atom. The molecule has 1 aromatic carbocycles. The minimum atomic E-state index is -0.910. The first-order valence-electron chi connectivity index (χ1n) is 5.42. The average molecular weight is 230 g/mol. The van der Waals surface area contributed by atoms with Crippen molar-refractivity contribution in [3.05, 3.63) is 41.6 Å². The van der Waals surface area contributed by atoms with Crippen LogP contribution in [0.4, 0.5) is 0 Å². The number of aromatic nitrogens is 1. The van der Waals surface area contributed by atoms with Crippen LogP contribution in [-0.4, -0.2) is 22.6 Å². The number of aryl methyl sites for hydroxylation is 1. The molecule has 2 aromatic rings. The summed E-state index contributed by atoms with van der Waals surface area (Å²) in [5, 5.41) is 10.1. The summed E-state index contributed by atoms with van der Waals surface area (Å²) in [6, 6.07) is 9.50. The van der Waals surface area contributed by atoms with E-state index in [0.717, 1.165) is 16.6 Å². The van der Waals surface area contributed by atoms with Gasteiger partial charge in [-0.25, -0.2) is 0 Å². The Bertz CT molecular complexity index is 566. The Balaban J connectivity index is 2.61. The van der Waals surface area contributed by atoms with Crippen LogP contribution in [0.3, 0.4) is 0 Å². The van der Waals surface area contributed by atoms with Gasteiger partial charge in [0.2, 0.25) is 0 Å². The predicted molar refractivity (Wildman–Crippen MR) is 65.9 cm³/mol. The summed E-state index contributed by atoms with van der Waals surface area (Å²) in [5.41, 5.74) is 7.80. The molecule has 4 heteroatoms. The molecule has 0 aliphatic carbocycles. The fraction of sp³-hybridized carbons (Fsp3) is 0.231. The van der Waals surface area contributed by atoms with Gasteiger partial charge < -0.3 is 10.8 Å². The third-order valence-corrected chi connectivity index (χ3v) is 2.86. The molecule has 1 heterocycles. The molecule has 1 atom stereocenters. The number of aliphatic carboxylic acids is 1. The highest BCUT2D eigenvalue weighted by Gasteiger charge is 2.20. The lowest BCUT2D eigenvalue weighted by molar-refractivity contribution is -0.138. The molecule has 17 heavy (non-hydrogen) atoms. The molecule has 0 fully saturated rings. The maximum atomic E-state index is 11.1. The molecule has 0 radical (unpaired) electrons. The Hall–Kier alpha value is -1.94. The second-order valence-corrected chi connectivity index (χ2v) is 3.98. The Morgan fingerprint density at radius 2 is 2.18 bits per heavy atom. The summed E-state index contributed by atoms with van der Waals surface area (Å²) in [4.78, 5) is 15.5. The lowest BCUT2D eigenvalue weighted by atomic mass is 9.96. The molecule has 0 aliphatic rings. The van der Waals surface area contributed by atoms with Gasteiger partial charge in [-0.15, -0.1) is 0 Å². The third kappa shape index (κ3) is 2.12. The van der Waals surface area contributed by atoms with Gasteiger partial charge in [0.25, 0.3) is 0 Å². The van der Waals surface area contributed by atoms with Crippen LogP contribution in [0, 0.1) is 6.92 Å². The highest BCUT2D eigenvalue weighted by Crippen LogP contribution is 2.23. The second-order valence-electron chi connectivity index (χ2n) is 3.98. The highest BCUT2D eigenvalue weighted by atomic mass is 16.4. The molecule has 0 spiro atoms. The van der Waals surface area contributed by atoms with Crippen molar-refractivity contribution in [2.45, 2.75) is 12.8 Å². The predicted octanol–water partition coefficient (Wildman–Crippen LogP) is 1.67. The molecule has 0 aliphatic heterocycles. The number of benzene rings is 1. The summed E-state index contributed by atoms with van der Waals surface area (Å²) < 4.78 is 0. The van der Waals surface area contributed by atoms with Crippen LogP contribution in [0.1, 0.15) is 17.2 Å². The van der Waals surface area contributed by atoms with Crippen molar-refractivity contribution in [3.63, 3.8) is 0 Å². The number of para-hydroxylation sites is 1. The van der Waals surface area contributed by atoms with E-state index in [1.807, 2.05) is 37.3 Å². The number of hydrogen-bond acceptors (Lipinski definition) is 3. The van der Waals surface area contributed by atoms with Crippen LogP contribution < -0.4 is 5.73 Å². The summed E-state index contributed by atoms with van der Waals surface area (Å²) in [6.07, 6.45) is 0. The van der Waals surface area contributed by atoms with Gasteiger partial charge in [-0.05, 0) is 24.6 Å². The van der Waals surface area contributed by atoms with Gasteiger partial charge >= 0.3 is 5.97 Å². The molecule has 4 nitrogen and oxygen atoms in total.